The number of hydrogen-bond donors (Lipinski definition) is 2. The molecule has 1 atom stereocenters. The van der Waals surface area contributed by atoms with Gasteiger partial charge in [-0.05, 0) is 42.7 Å². The average Bonchev–Trinajstić information content (AvgIpc) is 2.65. The minimum Gasteiger partial charge on any atom is -0.325 e. The first kappa shape index (κ1) is 18.8. The van der Waals surface area contributed by atoms with Crippen LogP contribution in [0.1, 0.15) is 23.1 Å². The Morgan fingerprint density at radius 1 is 1.19 bits per heavy atom. The predicted octanol–water partition coefficient (Wildman–Crippen LogP) is 3.25. The quantitative estimate of drug-likeness (QED) is 0.631. The molecule has 0 spiro atoms. The van der Waals surface area contributed by atoms with E-state index in [4.69, 9.17) is 0 Å². The van der Waals surface area contributed by atoms with E-state index in [0.29, 0.717) is 5.17 Å². The molecule has 2 aromatic carbocycles. The van der Waals surface area contributed by atoms with Gasteiger partial charge in [-0.15, -0.1) is 5.10 Å². The van der Waals surface area contributed by atoms with Gasteiger partial charge in [-0.3, -0.25) is 9.59 Å². The molecule has 0 radical (unpaired) electrons. The van der Waals surface area contributed by atoms with Crippen LogP contribution in [0.25, 0.3) is 0 Å². The highest BCUT2D eigenvalue weighted by Gasteiger charge is 2.30. The lowest BCUT2D eigenvalue weighted by Gasteiger charge is -2.21. The maximum absolute atomic E-state index is 12.5. The van der Waals surface area contributed by atoms with E-state index in [-0.39, 0.29) is 18.2 Å². The Morgan fingerprint density at radius 2 is 1.96 bits per heavy atom. The van der Waals surface area contributed by atoms with Crippen LogP contribution < -0.4 is 10.6 Å². The second-order valence-electron chi connectivity index (χ2n) is 6.21. The molecule has 0 aliphatic carbocycles. The highest BCUT2D eigenvalue weighted by Crippen LogP contribution is 2.23. The first-order valence-electron chi connectivity index (χ1n) is 8.52. The summed E-state index contributed by atoms with van der Waals surface area (Å²) in [5.41, 5.74) is 3.87. The monoisotopic (exact) mass is 380 g/mol. The van der Waals surface area contributed by atoms with Crippen molar-refractivity contribution in [3.05, 3.63) is 65.2 Å². The first-order valence-corrected chi connectivity index (χ1v) is 9.40. The van der Waals surface area contributed by atoms with Gasteiger partial charge in [-0.25, -0.2) is 0 Å². The van der Waals surface area contributed by atoms with Crippen molar-refractivity contribution in [2.75, 3.05) is 5.32 Å². The summed E-state index contributed by atoms with van der Waals surface area (Å²) in [5, 5.41) is 13.3. The largest absolute Gasteiger partial charge is 0.325 e. The van der Waals surface area contributed by atoms with Crippen LogP contribution in [-0.2, 0) is 9.59 Å². The molecule has 0 saturated carbocycles. The Bertz CT molecular complexity index is 909. The average molecular weight is 380 g/mol. The molecular weight excluding hydrogens is 360 g/mol. The fraction of sp³-hybridized carbons (Fsp3) is 0.200. The van der Waals surface area contributed by atoms with Gasteiger partial charge in [0, 0.05) is 12.1 Å². The molecule has 1 aliphatic rings. The predicted molar refractivity (Wildman–Crippen MR) is 110 cm³/mol. The Morgan fingerprint density at radius 3 is 2.70 bits per heavy atom. The lowest BCUT2D eigenvalue weighted by molar-refractivity contribution is -0.123. The van der Waals surface area contributed by atoms with E-state index in [9.17, 15) is 9.59 Å². The van der Waals surface area contributed by atoms with Crippen molar-refractivity contribution in [1.82, 2.24) is 5.32 Å². The summed E-state index contributed by atoms with van der Waals surface area (Å²) in [6, 6.07) is 15.2. The van der Waals surface area contributed by atoms with Crippen molar-refractivity contribution in [2.24, 2.45) is 10.2 Å². The van der Waals surface area contributed by atoms with Crippen LogP contribution >= 0.6 is 11.8 Å². The smallest absolute Gasteiger partial charge is 0.238 e. The molecule has 0 unspecified atom stereocenters. The molecule has 1 heterocycles. The molecule has 2 aromatic rings. The maximum Gasteiger partial charge on any atom is 0.238 e. The van der Waals surface area contributed by atoms with Crippen LogP contribution in [-0.4, -0.2) is 28.4 Å². The van der Waals surface area contributed by atoms with Crippen molar-refractivity contribution in [3.63, 3.8) is 0 Å². The van der Waals surface area contributed by atoms with E-state index in [2.05, 4.69) is 20.8 Å². The third kappa shape index (κ3) is 5.27. The van der Waals surface area contributed by atoms with Crippen molar-refractivity contribution >= 4 is 40.6 Å². The molecule has 0 aromatic heterocycles. The summed E-state index contributed by atoms with van der Waals surface area (Å²) in [7, 11) is 0. The summed E-state index contributed by atoms with van der Waals surface area (Å²) >= 11 is 1.20. The van der Waals surface area contributed by atoms with E-state index in [1.54, 1.807) is 6.21 Å². The lowest BCUT2D eigenvalue weighted by Crippen LogP contribution is -2.41. The number of benzene rings is 2. The molecule has 27 heavy (non-hydrogen) atoms. The molecule has 2 amide bonds. The van der Waals surface area contributed by atoms with Crippen LogP contribution in [0, 0.1) is 13.8 Å². The second kappa shape index (κ2) is 8.64. The Balaban J connectivity index is 1.66. The molecule has 6 nitrogen and oxygen atoms in total. The summed E-state index contributed by atoms with van der Waals surface area (Å²) in [6.45, 7) is 4.00. The van der Waals surface area contributed by atoms with Crippen LogP contribution in [0.2, 0.25) is 0 Å². The Labute approximate surface area is 162 Å². The van der Waals surface area contributed by atoms with Gasteiger partial charge in [0.25, 0.3) is 0 Å². The molecular formula is C20H20N4O2S. The van der Waals surface area contributed by atoms with Gasteiger partial charge in [0.15, 0.2) is 5.17 Å². The van der Waals surface area contributed by atoms with Gasteiger partial charge in [0.1, 0.15) is 5.25 Å². The van der Waals surface area contributed by atoms with Crippen molar-refractivity contribution in [3.8, 4) is 0 Å². The third-order valence-electron chi connectivity index (χ3n) is 4.09. The maximum atomic E-state index is 12.5. The third-order valence-corrected chi connectivity index (χ3v) is 5.17. The van der Waals surface area contributed by atoms with Crippen LogP contribution in [0.15, 0.2) is 58.7 Å². The number of amides is 2. The highest BCUT2D eigenvalue weighted by atomic mass is 32.2. The van der Waals surface area contributed by atoms with Gasteiger partial charge in [0.2, 0.25) is 11.8 Å². The Kier molecular flexibility index (Phi) is 6.03. The molecule has 1 fully saturated rings. The number of nitrogens with one attached hydrogen (secondary N) is 2. The van der Waals surface area contributed by atoms with E-state index < -0.39 is 5.25 Å². The van der Waals surface area contributed by atoms with E-state index in [1.807, 2.05) is 62.4 Å². The van der Waals surface area contributed by atoms with Crippen molar-refractivity contribution < 1.29 is 9.59 Å². The highest BCUT2D eigenvalue weighted by molar-refractivity contribution is 8.15. The number of rotatable bonds is 4. The van der Waals surface area contributed by atoms with Gasteiger partial charge < -0.3 is 10.6 Å². The van der Waals surface area contributed by atoms with Crippen LogP contribution in [0.5, 0.6) is 0 Å². The van der Waals surface area contributed by atoms with E-state index >= 15 is 0 Å². The number of anilines is 1. The molecule has 7 heteroatoms. The van der Waals surface area contributed by atoms with Crippen molar-refractivity contribution in [1.29, 1.82) is 0 Å². The van der Waals surface area contributed by atoms with E-state index in [1.165, 1.54) is 11.8 Å². The standard InChI is InChI=1S/C20H20N4O2S/c1-13-8-9-16(10-14(13)2)22-19(26)17-11-18(25)23-20(27-17)24-21-12-15-6-4-3-5-7-15/h3-10,12,17H,11H2,1-2H3,(H,22,26)(H,23,24,25)/b21-12-/t17-/m0/s1. The van der Waals surface area contributed by atoms with Crippen LogP contribution in [0.3, 0.4) is 0 Å². The number of carbonyl (C=O) groups is 2. The van der Waals surface area contributed by atoms with Gasteiger partial charge in [-0.1, -0.05) is 48.2 Å². The molecule has 138 valence electrons. The first-order chi connectivity index (χ1) is 13.0. The molecule has 3 rings (SSSR count). The zero-order chi connectivity index (χ0) is 19.2. The number of carbonyl (C=O) groups excluding carboxylic acids is 2. The minimum absolute atomic E-state index is 0.1000. The molecule has 1 saturated heterocycles. The topological polar surface area (TPSA) is 82.9 Å². The molecule has 1 aliphatic heterocycles. The summed E-state index contributed by atoms with van der Waals surface area (Å²) in [4.78, 5) is 24.5. The zero-order valence-corrected chi connectivity index (χ0v) is 15.9. The minimum atomic E-state index is -0.550. The van der Waals surface area contributed by atoms with Gasteiger partial charge in [-0.2, -0.15) is 5.10 Å². The Hall–Kier alpha value is -2.93. The van der Waals surface area contributed by atoms with Crippen molar-refractivity contribution in [2.45, 2.75) is 25.5 Å². The van der Waals surface area contributed by atoms with Gasteiger partial charge >= 0.3 is 0 Å². The second-order valence-corrected chi connectivity index (χ2v) is 7.40. The lowest BCUT2D eigenvalue weighted by atomic mass is 10.1. The fourth-order valence-electron chi connectivity index (χ4n) is 2.47. The fourth-order valence-corrected chi connectivity index (χ4v) is 3.41. The summed E-state index contributed by atoms with van der Waals surface area (Å²) in [6.07, 6.45) is 1.70. The summed E-state index contributed by atoms with van der Waals surface area (Å²) < 4.78 is 0. The number of hydrogen-bond acceptors (Lipinski definition) is 5. The molecule has 2 N–H and O–H groups in total. The SMILES string of the molecule is Cc1ccc(NC(=O)[C@@H]2CC(=O)N/C(=N\N=C/c3ccccc3)S2)cc1C. The number of aryl methyl sites for hydroxylation is 2. The number of amidine groups is 1. The number of nitrogens with zero attached hydrogens (tertiary/aromatic N) is 2. The van der Waals surface area contributed by atoms with E-state index in [0.717, 1.165) is 22.4 Å². The normalized spacial score (nSPS) is 18.5. The number of thioether (sulfide) groups is 1. The van der Waals surface area contributed by atoms with Gasteiger partial charge in [0.05, 0.1) is 6.21 Å². The molecule has 0 bridgehead atoms. The zero-order valence-electron chi connectivity index (χ0n) is 15.1. The summed E-state index contributed by atoms with van der Waals surface area (Å²) in [5.74, 6) is -0.472. The van der Waals surface area contributed by atoms with Crippen LogP contribution in [0.4, 0.5) is 5.69 Å².